The van der Waals surface area contributed by atoms with Crippen molar-refractivity contribution in [2.75, 3.05) is 13.7 Å². The van der Waals surface area contributed by atoms with Crippen LogP contribution < -0.4 is 11.1 Å². The number of nitrogens with two attached hydrogens (primary N) is 1. The van der Waals surface area contributed by atoms with Crippen LogP contribution in [0.1, 0.15) is 12.7 Å². The van der Waals surface area contributed by atoms with Gasteiger partial charge in [0.25, 0.3) is 0 Å². The van der Waals surface area contributed by atoms with Gasteiger partial charge >= 0.3 is 0 Å². The lowest BCUT2D eigenvalue weighted by atomic mass is 10.2. The van der Waals surface area contributed by atoms with Gasteiger partial charge in [0.15, 0.2) is 0 Å². The molecule has 2 atom stereocenters. The highest BCUT2D eigenvalue weighted by Gasteiger charge is 2.16. The summed E-state index contributed by atoms with van der Waals surface area (Å²) in [5.41, 5.74) is 5.59. The van der Waals surface area contributed by atoms with E-state index in [-0.39, 0.29) is 18.6 Å². The van der Waals surface area contributed by atoms with E-state index in [4.69, 9.17) is 14.9 Å². The van der Waals surface area contributed by atoms with Gasteiger partial charge in [0.2, 0.25) is 5.91 Å². The van der Waals surface area contributed by atoms with Gasteiger partial charge in [0.05, 0.1) is 12.9 Å². The standard InChI is InChI=1S/C11H18N2O3/c1-8(6-9-4-3-5-16-9)13-11(14)10(12)7-15-2/h3-5,8,10H,6-7,12H2,1-2H3,(H,13,14). The predicted octanol–water partition coefficient (Wildman–Crippen LogP) is 0.301. The van der Waals surface area contributed by atoms with Crippen molar-refractivity contribution in [2.45, 2.75) is 25.4 Å². The Balaban J connectivity index is 2.33. The minimum atomic E-state index is -0.621. The molecule has 0 bridgehead atoms. The van der Waals surface area contributed by atoms with Crippen LogP contribution >= 0.6 is 0 Å². The van der Waals surface area contributed by atoms with Crippen LogP contribution in [0.4, 0.5) is 0 Å². The van der Waals surface area contributed by atoms with Gasteiger partial charge in [0.1, 0.15) is 11.8 Å². The molecule has 5 nitrogen and oxygen atoms in total. The first kappa shape index (κ1) is 12.7. The van der Waals surface area contributed by atoms with E-state index in [1.165, 1.54) is 7.11 Å². The Morgan fingerprint density at radius 1 is 1.69 bits per heavy atom. The van der Waals surface area contributed by atoms with Crippen molar-refractivity contribution in [3.05, 3.63) is 24.2 Å². The van der Waals surface area contributed by atoms with Crippen molar-refractivity contribution in [1.82, 2.24) is 5.32 Å². The lowest BCUT2D eigenvalue weighted by Crippen LogP contribution is -2.47. The normalized spacial score (nSPS) is 14.4. The first-order chi connectivity index (χ1) is 7.63. The van der Waals surface area contributed by atoms with Gasteiger partial charge in [-0.1, -0.05) is 0 Å². The van der Waals surface area contributed by atoms with Crippen molar-refractivity contribution in [3.63, 3.8) is 0 Å². The predicted molar refractivity (Wildman–Crippen MR) is 59.9 cm³/mol. The molecule has 0 saturated carbocycles. The molecule has 0 aliphatic carbocycles. The Hall–Kier alpha value is -1.33. The monoisotopic (exact) mass is 226 g/mol. The maximum absolute atomic E-state index is 11.5. The lowest BCUT2D eigenvalue weighted by molar-refractivity contribution is -0.124. The smallest absolute Gasteiger partial charge is 0.239 e. The second-order valence-electron chi connectivity index (χ2n) is 3.75. The Kier molecular flexibility index (Phi) is 5.01. The van der Waals surface area contributed by atoms with Crippen LogP contribution in [-0.2, 0) is 16.0 Å². The van der Waals surface area contributed by atoms with Gasteiger partial charge in [-0.05, 0) is 19.1 Å². The van der Waals surface area contributed by atoms with Crippen molar-refractivity contribution >= 4 is 5.91 Å². The summed E-state index contributed by atoms with van der Waals surface area (Å²) in [6.07, 6.45) is 2.26. The molecule has 0 radical (unpaired) electrons. The van der Waals surface area contributed by atoms with Gasteiger partial charge in [-0.15, -0.1) is 0 Å². The molecule has 2 unspecified atom stereocenters. The van der Waals surface area contributed by atoms with Crippen molar-refractivity contribution in [1.29, 1.82) is 0 Å². The zero-order valence-corrected chi connectivity index (χ0v) is 9.60. The highest BCUT2D eigenvalue weighted by atomic mass is 16.5. The molecule has 1 aromatic heterocycles. The van der Waals surface area contributed by atoms with Gasteiger partial charge in [-0.3, -0.25) is 4.79 Å². The molecule has 5 heteroatoms. The SMILES string of the molecule is COCC(N)C(=O)NC(C)Cc1ccco1. The largest absolute Gasteiger partial charge is 0.469 e. The molecule has 0 aromatic carbocycles. The molecule has 0 fully saturated rings. The fraction of sp³-hybridized carbons (Fsp3) is 0.545. The Morgan fingerprint density at radius 2 is 2.44 bits per heavy atom. The molecule has 1 heterocycles. The fourth-order valence-corrected chi connectivity index (χ4v) is 1.39. The van der Waals surface area contributed by atoms with Crippen LogP contribution in [-0.4, -0.2) is 31.7 Å². The zero-order valence-electron chi connectivity index (χ0n) is 9.60. The summed E-state index contributed by atoms with van der Waals surface area (Å²) < 4.78 is 9.99. The van der Waals surface area contributed by atoms with Crippen LogP contribution in [0.5, 0.6) is 0 Å². The molecule has 0 aliphatic heterocycles. The van der Waals surface area contributed by atoms with Crippen LogP contribution in [0.2, 0.25) is 0 Å². The number of amides is 1. The molecule has 0 saturated heterocycles. The summed E-state index contributed by atoms with van der Waals surface area (Å²) in [6.45, 7) is 2.12. The van der Waals surface area contributed by atoms with Crippen LogP contribution in [0, 0.1) is 0 Å². The average Bonchev–Trinajstić information content (AvgIpc) is 2.70. The Bertz CT molecular complexity index is 311. The summed E-state index contributed by atoms with van der Waals surface area (Å²) in [4.78, 5) is 11.5. The quantitative estimate of drug-likeness (QED) is 0.731. The minimum absolute atomic E-state index is 0.0124. The number of methoxy groups -OCH3 is 1. The summed E-state index contributed by atoms with van der Waals surface area (Å²) in [5, 5.41) is 2.80. The third-order valence-corrected chi connectivity index (χ3v) is 2.16. The van der Waals surface area contributed by atoms with E-state index in [1.807, 2.05) is 19.1 Å². The maximum Gasteiger partial charge on any atom is 0.239 e. The highest BCUT2D eigenvalue weighted by molar-refractivity contribution is 5.81. The molecule has 3 N–H and O–H groups in total. The number of carbonyl (C=O) groups is 1. The first-order valence-corrected chi connectivity index (χ1v) is 5.20. The third kappa shape index (κ3) is 4.04. The summed E-state index contributed by atoms with van der Waals surface area (Å²) in [5.74, 6) is 0.633. The second-order valence-corrected chi connectivity index (χ2v) is 3.75. The second kappa shape index (κ2) is 6.30. The van der Waals surface area contributed by atoms with Crippen molar-refractivity contribution < 1.29 is 13.9 Å². The summed E-state index contributed by atoms with van der Waals surface area (Å²) in [6, 6.07) is 3.06. The van der Waals surface area contributed by atoms with E-state index in [0.29, 0.717) is 6.42 Å². The van der Waals surface area contributed by atoms with Gasteiger partial charge in [0, 0.05) is 19.6 Å². The highest BCUT2D eigenvalue weighted by Crippen LogP contribution is 2.03. The number of rotatable bonds is 6. The lowest BCUT2D eigenvalue weighted by Gasteiger charge is -2.16. The molecular weight excluding hydrogens is 208 g/mol. The first-order valence-electron chi connectivity index (χ1n) is 5.20. The van der Waals surface area contributed by atoms with E-state index in [2.05, 4.69) is 5.32 Å². The van der Waals surface area contributed by atoms with Crippen LogP contribution in [0.15, 0.2) is 22.8 Å². The molecule has 1 amide bonds. The molecule has 1 aromatic rings. The van der Waals surface area contributed by atoms with E-state index in [9.17, 15) is 4.79 Å². The number of hydrogen-bond donors (Lipinski definition) is 2. The topological polar surface area (TPSA) is 77.5 Å². The number of ether oxygens (including phenoxy) is 1. The zero-order chi connectivity index (χ0) is 12.0. The summed E-state index contributed by atoms with van der Waals surface area (Å²) in [7, 11) is 1.51. The van der Waals surface area contributed by atoms with Crippen LogP contribution in [0.3, 0.4) is 0 Å². The molecule has 0 aliphatic rings. The third-order valence-electron chi connectivity index (χ3n) is 2.16. The number of hydrogen-bond acceptors (Lipinski definition) is 4. The van der Waals surface area contributed by atoms with Gasteiger partial charge in [-0.25, -0.2) is 0 Å². The molecular formula is C11H18N2O3. The number of nitrogens with one attached hydrogen (secondary N) is 1. The minimum Gasteiger partial charge on any atom is -0.469 e. The van der Waals surface area contributed by atoms with Gasteiger partial charge in [-0.2, -0.15) is 0 Å². The summed E-state index contributed by atoms with van der Waals surface area (Å²) >= 11 is 0. The Labute approximate surface area is 94.9 Å². The van der Waals surface area contributed by atoms with E-state index < -0.39 is 6.04 Å². The Morgan fingerprint density at radius 3 is 3.00 bits per heavy atom. The number of furan rings is 1. The fourth-order valence-electron chi connectivity index (χ4n) is 1.39. The average molecular weight is 226 g/mol. The number of carbonyl (C=O) groups excluding carboxylic acids is 1. The molecule has 90 valence electrons. The van der Waals surface area contributed by atoms with Crippen molar-refractivity contribution in [3.8, 4) is 0 Å². The van der Waals surface area contributed by atoms with E-state index >= 15 is 0 Å². The molecule has 0 spiro atoms. The van der Waals surface area contributed by atoms with Gasteiger partial charge < -0.3 is 20.2 Å². The molecule has 1 rings (SSSR count). The van der Waals surface area contributed by atoms with Crippen molar-refractivity contribution in [2.24, 2.45) is 5.73 Å². The van der Waals surface area contributed by atoms with Crippen LogP contribution in [0.25, 0.3) is 0 Å². The van der Waals surface area contributed by atoms with E-state index in [1.54, 1.807) is 6.26 Å². The van der Waals surface area contributed by atoms with E-state index in [0.717, 1.165) is 5.76 Å². The molecule has 16 heavy (non-hydrogen) atoms. The maximum atomic E-state index is 11.5.